The Morgan fingerprint density at radius 2 is 1.94 bits per heavy atom. The zero-order chi connectivity index (χ0) is 13.4. The molecule has 5 nitrogen and oxygen atoms in total. The molecule has 0 aliphatic rings. The van der Waals surface area contributed by atoms with Gasteiger partial charge in [0.1, 0.15) is 0 Å². The third-order valence-electron chi connectivity index (χ3n) is 2.35. The van der Waals surface area contributed by atoms with Gasteiger partial charge in [0.2, 0.25) is 0 Å². The lowest BCUT2D eigenvalue weighted by Crippen LogP contribution is -2.40. The fraction of sp³-hybridized carbons (Fsp3) is 0.417. The number of nitrogens with one attached hydrogen (secondary N) is 2. The predicted octanol–water partition coefficient (Wildman–Crippen LogP) is 1.87. The lowest BCUT2D eigenvalue weighted by molar-refractivity contribution is -0.0971. The molecular formula is C12H17BrN2O3. The zero-order valence-corrected chi connectivity index (χ0v) is 12.0. The number of halogens is 1. The topological polar surface area (TPSA) is 59.6 Å². The van der Waals surface area contributed by atoms with Gasteiger partial charge in [0.25, 0.3) is 0 Å². The SMILES string of the molecule is COC(CNC(=O)NCc1ccccc1Br)OC. The van der Waals surface area contributed by atoms with Gasteiger partial charge >= 0.3 is 6.03 Å². The van der Waals surface area contributed by atoms with Gasteiger partial charge in [-0.1, -0.05) is 34.1 Å². The Balaban J connectivity index is 2.31. The first-order valence-corrected chi connectivity index (χ1v) is 6.27. The van der Waals surface area contributed by atoms with Crippen molar-refractivity contribution < 1.29 is 14.3 Å². The number of amides is 2. The smallest absolute Gasteiger partial charge is 0.315 e. The second-order valence-electron chi connectivity index (χ2n) is 3.56. The summed E-state index contributed by atoms with van der Waals surface area (Å²) in [6, 6.07) is 7.46. The molecule has 0 saturated carbocycles. The van der Waals surface area contributed by atoms with Gasteiger partial charge in [0, 0.05) is 25.2 Å². The molecule has 0 fully saturated rings. The number of methoxy groups -OCH3 is 2. The monoisotopic (exact) mass is 316 g/mol. The Kier molecular flexibility index (Phi) is 6.70. The molecule has 18 heavy (non-hydrogen) atoms. The Morgan fingerprint density at radius 3 is 2.56 bits per heavy atom. The van der Waals surface area contributed by atoms with Gasteiger partial charge in [0.15, 0.2) is 6.29 Å². The van der Waals surface area contributed by atoms with E-state index in [0.717, 1.165) is 10.0 Å². The van der Waals surface area contributed by atoms with Crippen molar-refractivity contribution in [3.8, 4) is 0 Å². The maximum Gasteiger partial charge on any atom is 0.315 e. The number of rotatable bonds is 6. The van der Waals surface area contributed by atoms with Gasteiger partial charge in [-0.25, -0.2) is 4.79 Å². The Labute approximate surface area is 115 Å². The van der Waals surface area contributed by atoms with Crippen LogP contribution in [0.5, 0.6) is 0 Å². The fourth-order valence-corrected chi connectivity index (χ4v) is 1.74. The molecular weight excluding hydrogens is 300 g/mol. The number of benzene rings is 1. The summed E-state index contributed by atoms with van der Waals surface area (Å²) in [7, 11) is 3.05. The molecule has 2 amide bonds. The zero-order valence-electron chi connectivity index (χ0n) is 10.4. The van der Waals surface area contributed by atoms with Crippen LogP contribution in [0.1, 0.15) is 5.56 Å². The van der Waals surface area contributed by atoms with E-state index in [1.54, 1.807) is 0 Å². The average Bonchev–Trinajstić information content (AvgIpc) is 2.39. The minimum absolute atomic E-state index is 0.259. The van der Waals surface area contributed by atoms with Crippen molar-refractivity contribution in [2.75, 3.05) is 20.8 Å². The van der Waals surface area contributed by atoms with Crippen molar-refractivity contribution in [3.05, 3.63) is 34.3 Å². The molecule has 0 heterocycles. The maximum absolute atomic E-state index is 11.5. The molecule has 0 atom stereocenters. The number of ether oxygens (including phenoxy) is 2. The second-order valence-corrected chi connectivity index (χ2v) is 4.41. The number of hydrogen-bond acceptors (Lipinski definition) is 3. The minimum Gasteiger partial charge on any atom is -0.354 e. The summed E-state index contributed by atoms with van der Waals surface area (Å²) in [6.07, 6.45) is -0.431. The highest BCUT2D eigenvalue weighted by molar-refractivity contribution is 9.10. The van der Waals surface area contributed by atoms with Crippen LogP contribution in [-0.2, 0) is 16.0 Å². The molecule has 6 heteroatoms. The molecule has 0 aromatic heterocycles. The molecule has 2 N–H and O–H groups in total. The number of urea groups is 1. The molecule has 0 unspecified atom stereocenters. The van der Waals surface area contributed by atoms with E-state index in [0.29, 0.717) is 13.1 Å². The summed E-state index contributed by atoms with van der Waals surface area (Å²) in [6.45, 7) is 0.757. The molecule has 0 radical (unpaired) electrons. The molecule has 0 saturated heterocycles. The molecule has 100 valence electrons. The van der Waals surface area contributed by atoms with E-state index in [4.69, 9.17) is 9.47 Å². The summed E-state index contributed by atoms with van der Waals surface area (Å²) in [4.78, 5) is 11.5. The van der Waals surface area contributed by atoms with E-state index in [-0.39, 0.29) is 6.03 Å². The van der Waals surface area contributed by atoms with Gasteiger partial charge in [-0.15, -0.1) is 0 Å². The molecule has 0 aliphatic heterocycles. The first-order valence-electron chi connectivity index (χ1n) is 5.48. The van der Waals surface area contributed by atoms with Crippen molar-refractivity contribution in [3.63, 3.8) is 0 Å². The van der Waals surface area contributed by atoms with Crippen molar-refractivity contribution in [2.24, 2.45) is 0 Å². The van der Waals surface area contributed by atoms with Crippen LogP contribution in [0, 0.1) is 0 Å². The minimum atomic E-state index is -0.431. The first kappa shape index (κ1) is 14.9. The van der Waals surface area contributed by atoms with Crippen molar-refractivity contribution in [1.29, 1.82) is 0 Å². The van der Waals surface area contributed by atoms with Gasteiger partial charge in [-0.2, -0.15) is 0 Å². The van der Waals surface area contributed by atoms with Crippen LogP contribution in [0.3, 0.4) is 0 Å². The molecule has 1 rings (SSSR count). The van der Waals surface area contributed by atoms with Crippen molar-refractivity contribution in [1.82, 2.24) is 10.6 Å². The number of hydrogen-bond donors (Lipinski definition) is 2. The summed E-state index contributed by atoms with van der Waals surface area (Å²) >= 11 is 3.42. The van der Waals surface area contributed by atoms with E-state index in [1.807, 2.05) is 24.3 Å². The quantitative estimate of drug-likeness (QED) is 0.788. The lowest BCUT2D eigenvalue weighted by Gasteiger charge is -2.14. The standard InChI is InChI=1S/C12H17BrN2O3/c1-17-11(18-2)8-15-12(16)14-7-9-5-3-4-6-10(9)13/h3-6,11H,7-8H2,1-2H3,(H2,14,15,16). The molecule has 1 aromatic carbocycles. The van der Waals surface area contributed by atoms with Crippen LogP contribution in [0.4, 0.5) is 4.79 Å². The van der Waals surface area contributed by atoms with Gasteiger partial charge in [-0.05, 0) is 11.6 Å². The second kappa shape index (κ2) is 8.07. The number of carbonyl (C=O) groups excluding carboxylic acids is 1. The van der Waals surface area contributed by atoms with E-state index in [1.165, 1.54) is 14.2 Å². The largest absolute Gasteiger partial charge is 0.354 e. The van der Waals surface area contributed by atoms with Gasteiger partial charge in [0.05, 0.1) is 6.54 Å². The van der Waals surface area contributed by atoms with Crippen LogP contribution in [0.15, 0.2) is 28.7 Å². The van der Waals surface area contributed by atoms with Crippen LogP contribution >= 0.6 is 15.9 Å². The lowest BCUT2D eigenvalue weighted by atomic mass is 10.2. The van der Waals surface area contributed by atoms with Crippen molar-refractivity contribution in [2.45, 2.75) is 12.8 Å². The summed E-state index contributed by atoms with van der Waals surface area (Å²) < 4.78 is 10.9. The highest BCUT2D eigenvalue weighted by atomic mass is 79.9. The van der Waals surface area contributed by atoms with Gasteiger partial charge in [-0.3, -0.25) is 0 Å². The van der Waals surface area contributed by atoms with Crippen LogP contribution in [-0.4, -0.2) is 33.1 Å². The molecule has 0 bridgehead atoms. The highest BCUT2D eigenvalue weighted by Gasteiger charge is 2.07. The summed E-state index contributed by atoms with van der Waals surface area (Å²) in [5.74, 6) is 0. The number of carbonyl (C=O) groups is 1. The van der Waals surface area contributed by atoms with Gasteiger partial charge < -0.3 is 20.1 Å². The third kappa shape index (κ3) is 5.03. The Hall–Kier alpha value is -1.11. The Bertz CT molecular complexity index is 383. The van der Waals surface area contributed by atoms with E-state index in [9.17, 15) is 4.79 Å². The highest BCUT2D eigenvalue weighted by Crippen LogP contribution is 2.15. The first-order chi connectivity index (χ1) is 8.67. The van der Waals surface area contributed by atoms with E-state index < -0.39 is 6.29 Å². The van der Waals surface area contributed by atoms with E-state index in [2.05, 4.69) is 26.6 Å². The van der Waals surface area contributed by atoms with Crippen molar-refractivity contribution >= 4 is 22.0 Å². The third-order valence-corrected chi connectivity index (χ3v) is 3.13. The molecule has 1 aromatic rings. The summed E-state index contributed by atoms with van der Waals surface area (Å²) in [5.41, 5.74) is 1.02. The van der Waals surface area contributed by atoms with Crippen LogP contribution in [0.25, 0.3) is 0 Å². The maximum atomic E-state index is 11.5. The van der Waals surface area contributed by atoms with Crippen LogP contribution < -0.4 is 10.6 Å². The molecule has 0 spiro atoms. The summed E-state index contributed by atoms with van der Waals surface area (Å²) in [5, 5.41) is 5.41. The fourth-order valence-electron chi connectivity index (χ4n) is 1.32. The average molecular weight is 317 g/mol. The normalized spacial score (nSPS) is 10.4. The van der Waals surface area contributed by atoms with E-state index >= 15 is 0 Å². The van der Waals surface area contributed by atoms with Crippen LogP contribution in [0.2, 0.25) is 0 Å². The Morgan fingerprint density at radius 1 is 1.28 bits per heavy atom. The molecule has 0 aliphatic carbocycles. The predicted molar refractivity (Wildman–Crippen MR) is 72.2 cm³/mol.